The number of carboxylic acid groups (broad SMARTS) is 1. The molecule has 0 aliphatic carbocycles. The molecule has 0 saturated carbocycles. The summed E-state index contributed by atoms with van der Waals surface area (Å²) in [5, 5.41) is 16.6. The van der Waals surface area contributed by atoms with Crippen molar-refractivity contribution in [3.05, 3.63) is 47.0 Å². The lowest BCUT2D eigenvalue weighted by atomic mass is 10.0. The van der Waals surface area contributed by atoms with E-state index in [1.54, 1.807) is 0 Å². The maximum Gasteiger partial charge on any atom is 0.326 e. The van der Waals surface area contributed by atoms with Gasteiger partial charge in [0.15, 0.2) is 0 Å². The molecule has 0 spiro atoms. The minimum absolute atomic E-state index is 0.00342. The maximum absolute atomic E-state index is 12.2. The Morgan fingerprint density at radius 2 is 1.74 bits per heavy atom. The molecular formula is C18H20BrN3O5. The van der Waals surface area contributed by atoms with Gasteiger partial charge in [0.1, 0.15) is 18.1 Å². The molecule has 1 saturated heterocycles. The van der Waals surface area contributed by atoms with E-state index in [-0.39, 0.29) is 18.7 Å². The Morgan fingerprint density at radius 3 is 2.33 bits per heavy atom. The van der Waals surface area contributed by atoms with Gasteiger partial charge >= 0.3 is 5.97 Å². The first kappa shape index (κ1) is 20.6. The Labute approximate surface area is 164 Å². The fourth-order valence-corrected chi connectivity index (χ4v) is 3.00. The smallest absolute Gasteiger partial charge is 0.326 e. The summed E-state index contributed by atoms with van der Waals surface area (Å²) in [6, 6.07) is 6.29. The second kappa shape index (κ2) is 9.31. The fraction of sp³-hybridized carbons (Fsp3) is 0.333. The molecule has 2 rings (SSSR count). The second-order valence-corrected chi connectivity index (χ2v) is 7.32. The number of piperazine rings is 1. The van der Waals surface area contributed by atoms with Gasteiger partial charge in [-0.15, -0.1) is 0 Å². The van der Waals surface area contributed by atoms with Crippen molar-refractivity contribution in [2.24, 2.45) is 0 Å². The number of nitrogens with one attached hydrogen (secondary N) is 3. The molecule has 1 fully saturated rings. The van der Waals surface area contributed by atoms with Crippen LogP contribution in [0.25, 0.3) is 0 Å². The van der Waals surface area contributed by atoms with E-state index in [0.29, 0.717) is 10.9 Å². The molecule has 1 aliphatic heterocycles. The van der Waals surface area contributed by atoms with E-state index < -0.39 is 35.9 Å². The SMILES string of the molecule is C=C(Br)C[C@H](NC(=O)C[C@@H]1NC(=O)[C@H](Cc2ccccc2)NC1=O)C(=O)O. The molecule has 1 aromatic rings. The van der Waals surface area contributed by atoms with Crippen LogP contribution < -0.4 is 16.0 Å². The first-order chi connectivity index (χ1) is 12.8. The molecule has 27 heavy (non-hydrogen) atoms. The largest absolute Gasteiger partial charge is 0.480 e. The highest BCUT2D eigenvalue weighted by Crippen LogP contribution is 2.12. The van der Waals surface area contributed by atoms with Crippen LogP contribution in [0, 0.1) is 0 Å². The van der Waals surface area contributed by atoms with Gasteiger partial charge in [-0.25, -0.2) is 4.79 Å². The molecule has 1 aromatic carbocycles. The maximum atomic E-state index is 12.2. The van der Waals surface area contributed by atoms with Gasteiger partial charge in [0, 0.05) is 12.8 Å². The molecule has 0 aromatic heterocycles. The zero-order chi connectivity index (χ0) is 20.0. The minimum atomic E-state index is -1.22. The van der Waals surface area contributed by atoms with Gasteiger partial charge in [-0.05, 0) is 10.0 Å². The number of halogens is 1. The van der Waals surface area contributed by atoms with E-state index in [0.717, 1.165) is 5.56 Å². The van der Waals surface area contributed by atoms with Crippen LogP contribution in [-0.2, 0) is 25.6 Å². The quantitative estimate of drug-likeness (QED) is 0.470. The molecule has 4 N–H and O–H groups in total. The highest BCUT2D eigenvalue weighted by Gasteiger charge is 2.35. The lowest BCUT2D eigenvalue weighted by Crippen LogP contribution is -2.63. The Balaban J connectivity index is 1.92. The van der Waals surface area contributed by atoms with Crippen molar-refractivity contribution in [1.82, 2.24) is 16.0 Å². The summed E-state index contributed by atoms with van der Waals surface area (Å²) < 4.78 is 0.419. The van der Waals surface area contributed by atoms with Crippen LogP contribution in [0.4, 0.5) is 0 Å². The second-order valence-electron chi connectivity index (χ2n) is 6.20. The Hall–Kier alpha value is -2.68. The van der Waals surface area contributed by atoms with Gasteiger partial charge in [0.05, 0.1) is 6.42 Å². The molecule has 1 heterocycles. The first-order valence-corrected chi connectivity index (χ1v) is 9.05. The van der Waals surface area contributed by atoms with E-state index in [2.05, 4.69) is 38.5 Å². The predicted molar refractivity (Wildman–Crippen MR) is 101 cm³/mol. The number of aliphatic carboxylic acids is 1. The average Bonchev–Trinajstić information content (AvgIpc) is 2.59. The third-order valence-electron chi connectivity index (χ3n) is 4.00. The van der Waals surface area contributed by atoms with Crippen LogP contribution >= 0.6 is 15.9 Å². The lowest BCUT2D eigenvalue weighted by Gasteiger charge is -2.29. The molecule has 1 aliphatic rings. The molecule has 0 unspecified atom stereocenters. The number of rotatable bonds is 8. The van der Waals surface area contributed by atoms with Crippen LogP contribution in [0.15, 0.2) is 41.4 Å². The van der Waals surface area contributed by atoms with Crippen molar-refractivity contribution < 1.29 is 24.3 Å². The summed E-state index contributed by atoms with van der Waals surface area (Å²) in [6.07, 6.45) is -0.0105. The van der Waals surface area contributed by atoms with Gasteiger partial charge in [0.25, 0.3) is 0 Å². The number of hydrogen-bond acceptors (Lipinski definition) is 4. The summed E-state index contributed by atoms with van der Waals surface area (Å²) in [6.45, 7) is 3.55. The van der Waals surface area contributed by atoms with Crippen molar-refractivity contribution in [1.29, 1.82) is 0 Å². The number of benzene rings is 1. The predicted octanol–water partition coefficient (Wildman–Crippen LogP) is 0.471. The Bertz CT molecular complexity index is 753. The van der Waals surface area contributed by atoms with E-state index in [1.807, 2.05) is 30.3 Å². The van der Waals surface area contributed by atoms with Crippen molar-refractivity contribution >= 4 is 39.6 Å². The molecular weight excluding hydrogens is 418 g/mol. The van der Waals surface area contributed by atoms with Gasteiger partial charge in [-0.2, -0.15) is 0 Å². The van der Waals surface area contributed by atoms with Crippen LogP contribution in [0.3, 0.4) is 0 Å². The average molecular weight is 438 g/mol. The first-order valence-electron chi connectivity index (χ1n) is 8.26. The number of carbonyl (C=O) groups excluding carboxylic acids is 3. The van der Waals surface area contributed by atoms with Gasteiger partial charge in [0.2, 0.25) is 17.7 Å². The number of hydrogen-bond donors (Lipinski definition) is 4. The Kier molecular flexibility index (Phi) is 7.12. The number of carboxylic acids is 1. The van der Waals surface area contributed by atoms with Crippen molar-refractivity contribution in [3.63, 3.8) is 0 Å². The summed E-state index contributed by atoms with van der Waals surface area (Å²) >= 11 is 3.05. The molecule has 3 atom stereocenters. The van der Waals surface area contributed by atoms with E-state index in [1.165, 1.54) is 0 Å². The zero-order valence-electron chi connectivity index (χ0n) is 14.4. The molecule has 8 nitrogen and oxygen atoms in total. The van der Waals surface area contributed by atoms with Crippen LogP contribution in [0.2, 0.25) is 0 Å². The minimum Gasteiger partial charge on any atom is -0.480 e. The number of amides is 3. The topological polar surface area (TPSA) is 125 Å². The van der Waals surface area contributed by atoms with Crippen LogP contribution in [0.1, 0.15) is 18.4 Å². The lowest BCUT2D eigenvalue weighted by molar-refractivity contribution is -0.142. The van der Waals surface area contributed by atoms with E-state index in [9.17, 15) is 19.2 Å². The Morgan fingerprint density at radius 1 is 1.15 bits per heavy atom. The third-order valence-corrected chi connectivity index (χ3v) is 4.32. The monoisotopic (exact) mass is 437 g/mol. The molecule has 3 amide bonds. The number of carbonyl (C=O) groups is 4. The molecule has 0 bridgehead atoms. The summed E-state index contributed by atoms with van der Waals surface area (Å²) in [4.78, 5) is 47.7. The van der Waals surface area contributed by atoms with Gasteiger partial charge < -0.3 is 21.1 Å². The molecule has 144 valence electrons. The normalized spacial score (nSPS) is 20.2. The van der Waals surface area contributed by atoms with Crippen molar-refractivity contribution in [2.75, 3.05) is 0 Å². The molecule has 0 radical (unpaired) electrons. The summed E-state index contributed by atoms with van der Waals surface area (Å²) in [5.74, 6) is -2.75. The van der Waals surface area contributed by atoms with Gasteiger partial charge in [-0.1, -0.05) is 52.8 Å². The summed E-state index contributed by atoms with van der Waals surface area (Å²) in [5.41, 5.74) is 0.897. The van der Waals surface area contributed by atoms with Crippen LogP contribution in [0.5, 0.6) is 0 Å². The molecule has 9 heteroatoms. The third kappa shape index (κ3) is 6.21. The van der Waals surface area contributed by atoms with E-state index >= 15 is 0 Å². The zero-order valence-corrected chi connectivity index (χ0v) is 16.0. The standard InChI is InChI=1S/C18H20BrN3O5/c1-10(19)7-14(18(26)27)20-15(23)9-13-17(25)21-12(16(24)22-13)8-11-5-3-2-4-6-11/h2-6,12-14H,1,7-9H2,(H,20,23)(H,21,25)(H,22,24)(H,26,27)/t12-,13-,14-/m0/s1. The van der Waals surface area contributed by atoms with Gasteiger partial charge in [-0.3, -0.25) is 14.4 Å². The van der Waals surface area contributed by atoms with E-state index in [4.69, 9.17) is 5.11 Å². The highest BCUT2D eigenvalue weighted by molar-refractivity contribution is 9.11. The highest BCUT2D eigenvalue weighted by atomic mass is 79.9. The summed E-state index contributed by atoms with van der Waals surface area (Å²) in [7, 11) is 0. The fourth-order valence-electron chi connectivity index (χ4n) is 2.67. The van der Waals surface area contributed by atoms with Crippen molar-refractivity contribution in [2.45, 2.75) is 37.4 Å². The van der Waals surface area contributed by atoms with Crippen molar-refractivity contribution in [3.8, 4) is 0 Å². The van der Waals surface area contributed by atoms with Crippen LogP contribution in [-0.4, -0.2) is 46.9 Å².